The molecule has 2 aromatic rings. The van der Waals surface area contributed by atoms with Crippen LogP contribution in [0.2, 0.25) is 0 Å². The van der Waals surface area contributed by atoms with Crippen molar-refractivity contribution in [1.29, 1.82) is 0 Å². The minimum atomic E-state index is 0.432. The summed E-state index contributed by atoms with van der Waals surface area (Å²) in [5.41, 5.74) is 2.11. The monoisotopic (exact) mass is 284 g/mol. The van der Waals surface area contributed by atoms with E-state index in [1.807, 2.05) is 44.2 Å². The lowest BCUT2D eigenvalue weighted by Gasteiger charge is -2.18. The number of nitrogens with zero attached hydrogens (tertiary/aromatic N) is 6. The molecule has 1 atom stereocenters. The van der Waals surface area contributed by atoms with Crippen molar-refractivity contribution in [3.63, 3.8) is 0 Å². The summed E-state index contributed by atoms with van der Waals surface area (Å²) in [6.45, 7) is 3.94. The molecule has 1 fully saturated rings. The van der Waals surface area contributed by atoms with Crippen molar-refractivity contribution in [2.45, 2.75) is 19.3 Å². The zero-order chi connectivity index (χ0) is 14.8. The highest BCUT2D eigenvalue weighted by Crippen LogP contribution is 2.29. The summed E-state index contributed by atoms with van der Waals surface area (Å²) in [6, 6.07) is 4.06. The number of aromatic nitrogens is 4. The molecule has 0 aliphatic carbocycles. The maximum absolute atomic E-state index is 4.66. The van der Waals surface area contributed by atoms with Crippen molar-refractivity contribution in [3.8, 4) is 0 Å². The summed E-state index contributed by atoms with van der Waals surface area (Å²) >= 11 is 0. The fraction of sp³-hybridized carbons (Fsp3) is 0.467. The first kappa shape index (κ1) is 13.7. The fourth-order valence-electron chi connectivity index (χ4n) is 2.63. The van der Waals surface area contributed by atoms with E-state index >= 15 is 0 Å². The molecule has 3 rings (SSSR count). The third-order valence-corrected chi connectivity index (χ3v) is 3.78. The summed E-state index contributed by atoms with van der Waals surface area (Å²) in [4.78, 5) is 21.7. The number of aryl methyl sites for hydroxylation is 1. The smallest absolute Gasteiger partial charge is 0.224 e. The van der Waals surface area contributed by atoms with Gasteiger partial charge < -0.3 is 9.80 Å². The van der Waals surface area contributed by atoms with Crippen LogP contribution in [0.1, 0.15) is 23.7 Å². The van der Waals surface area contributed by atoms with Crippen LogP contribution in [0.25, 0.3) is 0 Å². The van der Waals surface area contributed by atoms with Gasteiger partial charge in [0, 0.05) is 51.1 Å². The maximum atomic E-state index is 4.66. The van der Waals surface area contributed by atoms with Crippen LogP contribution in [-0.4, -0.2) is 47.1 Å². The minimum Gasteiger partial charge on any atom is -0.356 e. The van der Waals surface area contributed by atoms with Gasteiger partial charge in [0.2, 0.25) is 5.95 Å². The van der Waals surface area contributed by atoms with Crippen LogP contribution < -0.4 is 9.80 Å². The quantitative estimate of drug-likeness (QED) is 0.854. The van der Waals surface area contributed by atoms with Crippen LogP contribution in [0.4, 0.5) is 11.8 Å². The van der Waals surface area contributed by atoms with Crippen LogP contribution in [0.15, 0.2) is 24.7 Å². The van der Waals surface area contributed by atoms with Gasteiger partial charge in [0.25, 0.3) is 0 Å². The molecule has 0 radical (unpaired) electrons. The first-order valence-corrected chi connectivity index (χ1v) is 7.17. The summed E-state index contributed by atoms with van der Waals surface area (Å²) < 4.78 is 0. The Morgan fingerprint density at radius 3 is 2.86 bits per heavy atom. The minimum absolute atomic E-state index is 0.432. The molecule has 21 heavy (non-hydrogen) atoms. The van der Waals surface area contributed by atoms with Gasteiger partial charge in [-0.1, -0.05) is 0 Å². The van der Waals surface area contributed by atoms with Gasteiger partial charge in [0.15, 0.2) is 0 Å². The van der Waals surface area contributed by atoms with Crippen LogP contribution in [0.3, 0.4) is 0 Å². The van der Waals surface area contributed by atoms with Gasteiger partial charge in [-0.05, 0) is 19.4 Å². The topological polar surface area (TPSA) is 58.0 Å². The van der Waals surface area contributed by atoms with Gasteiger partial charge in [-0.15, -0.1) is 0 Å². The Balaban J connectivity index is 1.76. The normalized spacial score (nSPS) is 18.0. The van der Waals surface area contributed by atoms with E-state index in [2.05, 4.69) is 24.8 Å². The molecule has 110 valence electrons. The van der Waals surface area contributed by atoms with Crippen molar-refractivity contribution in [3.05, 3.63) is 36.0 Å². The second-order valence-electron chi connectivity index (χ2n) is 5.63. The third-order valence-electron chi connectivity index (χ3n) is 3.78. The zero-order valence-corrected chi connectivity index (χ0v) is 12.7. The van der Waals surface area contributed by atoms with E-state index in [-0.39, 0.29) is 0 Å². The number of anilines is 2. The van der Waals surface area contributed by atoms with E-state index in [9.17, 15) is 0 Å². The van der Waals surface area contributed by atoms with E-state index < -0.39 is 0 Å². The lowest BCUT2D eigenvalue weighted by Crippen LogP contribution is -2.21. The van der Waals surface area contributed by atoms with Crippen molar-refractivity contribution in [2.75, 3.05) is 37.0 Å². The van der Waals surface area contributed by atoms with Gasteiger partial charge in [-0.2, -0.15) is 0 Å². The summed E-state index contributed by atoms with van der Waals surface area (Å²) in [5, 5.41) is 0. The van der Waals surface area contributed by atoms with E-state index in [0.717, 1.165) is 42.7 Å². The van der Waals surface area contributed by atoms with E-state index in [1.165, 1.54) is 0 Å². The van der Waals surface area contributed by atoms with Crippen molar-refractivity contribution in [1.82, 2.24) is 19.9 Å². The second kappa shape index (κ2) is 5.63. The lowest BCUT2D eigenvalue weighted by molar-refractivity contribution is 0.736. The molecule has 0 saturated carbocycles. The molecule has 0 unspecified atom stereocenters. The van der Waals surface area contributed by atoms with Crippen molar-refractivity contribution in [2.24, 2.45) is 0 Å². The number of hydrogen-bond acceptors (Lipinski definition) is 6. The van der Waals surface area contributed by atoms with E-state index in [4.69, 9.17) is 0 Å². The number of rotatable bonds is 3. The van der Waals surface area contributed by atoms with Crippen molar-refractivity contribution < 1.29 is 0 Å². The van der Waals surface area contributed by atoms with Gasteiger partial charge in [0.1, 0.15) is 12.1 Å². The molecule has 0 aromatic carbocycles. The Morgan fingerprint density at radius 1 is 1.24 bits per heavy atom. The largest absolute Gasteiger partial charge is 0.356 e. The Hall–Kier alpha value is -2.24. The van der Waals surface area contributed by atoms with E-state index in [0.29, 0.717) is 5.92 Å². The molecule has 0 spiro atoms. The van der Waals surface area contributed by atoms with Crippen molar-refractivity contribution >= 4 is 11.8 Å². The third kappa shape index (κ3) is 2.94. The molecule has 3 heterocycles. The fourth-order valence-corrected chi connectivity index (χ4v) is 2.63. The second-order valence-corrected chi connectivity index (χ2v) is 5.63. The molecule has 0 N–H and O–H groups in total. The molecular formula is C15H20N6. The van der Waals surface area contributed by atoms with Gasteiger partial charge >= 0.3 is 0 Å². The summed E-state index contributed by atoms with van der Waals surface area (Å²) in [7, 11) is 3.92. The first-order chi connectivity index (χ1) is 10.1. The SMILES string of the molecule is Cc1cc(N2CC[C@@H](c3ccnc(N(C)C)n3)C2)ncn1. The number of hydrogen-bond donors (Lipinski definition) is 0. The average molecular weight is 284 g/mol. The summed E-state index contributed by atoms with van der Waals surface area (Å²) in [6.07, 6.45) is 4.56. The molecule has 2 aromatic heterocycles. The highest BCUT2D eigenvalue weighted by Gasteiger charge is 2.26. The highest BCUT2D eigenvalue weighted by molar-refractivity contribution is 5.41. The van der Waals surface area contributed by atoms with Crippen LogP contribution in [-0.2, 0) is 0 Å². The predicted molar refractivity (Wildman–Crippen MR) is 82.7 cm³/mol. The average Bonchev–Trinajstić information content (AvgIpc) is 2.97. The molecule has 6 nitrogen and oxygen atoms in total. The Kier molecular flexibility index (Phi) is 3.68. The van der Waals surface area contributed by atoms with Gasteiger partial charge in [-0.25, -0.2) is 19.9 Å². The molecule has 1 aliphatic heterocycles. The predicted octanol–water partition coefficient (Wildman–Crippen LogP) is 1.63. The maximum Gasteiger partial charge on any atom is 0.224 e. The Labute approximate surface area is 124 Å². The Morgan fingerprint density at radius 2 is 2.10 bits per heavy atom. The van der Waals surface area contributed by atoms with Gasteiger partial charge in [0.05, 0.1) is 5.69 Å². The molecule has 1 aliphatic rings. The zero-order valence-electron chi connectivity index (χ0n) is 12.7. The highest BCUT2D eigenvalue weighted by atomic mass is 15.2. The lowest BCUT2D eigenvalue weighted by atomic mass is 10.1. The van der Waals surface area contributed by atoms with Crippen LogP contribution in [0.5, 0.6) is 0 Å². The standard InChI is InChI=1S/C15H20N6/c1-11-8-14(18-10-17-11)21-7-5-12(9-21)13-4-6-16-15(19-13)20(2)3/h4,6,8,10,12H,5,7,9H2,1-3H3/t12-/m1/s1. The Bertz CT molecular complexity index is 627. The van der Waals surface area contributed by atoms with Crippen LogP contribution >= 0.6 is 0 Å². The molecular weight excluding hydrogens is 264 g/mol. The summed E-state index contributed by atoms with van der Waals surface area (Å²) in [5.74, 6) is 2.21. The molecule has 6 heteroatoms. The molecule has 0 bridgehead atoms. The van der Waals surface area contributed by atoms with E-state index in [1.54, 1.807) is 6.33 Å². The van der Waals surface area contributed by atoms with Gasteiger partial charge in [-0.3, -0.25) is 0 Å². The molecule has 0 amide bonds. The molecule has 1 saturated heterocycles. The van der Waals surface area contributed by atoms with Crippen LogP contribution in [0, 0.1) is 6.92 Å². The first-order valence-electron chi connectivity index (χ1n) is 7.17.